The maximum absolute atomic E-state index is 11.8. The highest BCUT2D eigenvalue weighted by Crippen LogP contribution is 2.08. The van der Waals surface area contributed by atoms with Crippen molar-refractivity contribution in [2.45, 2.75) is 26.8 Å². The molecule has 0 aliphatic carbocycles. The van der Waals surface area contributed by atoms with Crippen molar-refractivity contribution in [3.63, 3.8) is 0 Å². The summed E-state index contributed by atoms with van der Waals surface area (Å²) in [5.74, 6) is -1.37. The van der Waals surface area contributed by atoms with Gasteiger partial charge in [0.05, 0.1) is 12.1 Å². The fraction of sp³-hybridized carbons (Fsp3) is 0.400. The zero-order valence-electron chi connectivity index (χ0n) is 12.4. The summed E-state index contributed by atoms with van der Waals surface area (Å²) < 4.78 is 4.90. The van der Waals surface area contributed by atoms with Gasteiger partial charge < -0.3 is 15.4 Å². The van der Waals surface area contributed by atoms with Crippen LogP contribution in [0.3, 0.4) is 0 Å². The largest absolute Gasteiger partial charge is 0.452 e. The molecule has 0 saturated carbocycles. The summed E-state index contributed by atoms with van der Waals surface area (Å²) in [7, 11) is 0. The molecule has 0 aromatic heterocycles. The van der Waals surface area contributed by atoms with Gasteiger partial charge in [0.15, 0.2) is 6.61 Å². The van der Waals surface area contributed by atoms with Crippen LogP contribution in [0.2, 0.25) is 0 Å². The van der Waals surface area contributed by atoms with Crippen LogP contribution in [0, 0.1) is 6.92 Å². The Kier molecular flexibility index (Phi) is 6.39. The molecule has 1 rings (SSSR count). The number of hydrogen-bond acceptors (Lipinski definition) is 4. The molecule has 114 valence electrons. The number of ether oxygens (including phenoxy) is 1. The summed E-state index contributed by atoms with van der Waals surface area (Å²) in [5, 5.41) is 5.02. The van der Waals surface area contributed by atoms with Gasteiger partial charge >= 0.3 is 5.97 Å². The van der Waals surface area contributed by atoms with Crippen LogP contribution in [0.25, 0.3) is 0 Å². The van der Waals surface area contributed by atoms with Crippen molar-refractivity contribution in [2.24, 2.45) is 0 Å². The van der Waals surface area contributed by atoms with Crippen molar-refractivity contribution in [2.75, 3.05) is 13.2 Å². The third-order valence-corrected chi connectivity index (χ3v) is 2.60. The lowest BCUT2D eigenvalue weighted by atomic mass is 10.1. The zero-order valence-corrected chi connectivity index (χ0v) is 12.4. The predicted molar refractivity (Wildman–Crippen MR) is 77.7 cm³/mol. The number of aryl methyl sites for hydroxylation is 1. The van der Waals surface area contributed by atoms with E-state index >= 15 is 0 Å². The van der Waals surface area contributed by atoms with Gasteiger partial charge in [0.1, 0.15) is 0 Å². The number of rotatable bonds is 6. The molecule has 21 heavy (non-hydrogen) atoms. The van der Waals surface area contributed by atoms with E-state index in [1.165, 1.54) is 0 Å². The Morgan fingerprint density at radius 2 is 1.81 bits per heavy atom. The Morgan fingerprint density at radius 1 is 1.14 bits per heavy atom. The van der Waals surface area contributed by atoms with E-state index in [0.717, 1.165) is 5.56 Å². The van der Waals surface area contributed by atoms with E-state index in [9.17, 15) is 14.4 Å². The summed E-state index contributed by atoms with van der Waals surface area (Å²) >= 11 is 0. The van der Waals surface area contributed by atoms with Crippen LogP contribution < -0.4 is 10.6 Å². The third kappa shape index (κ3) is 6.07. The fourth-order valence-corrected chi connectivity index (χ4v) is 1.61. The number of nitrogens with one attached hydrogen (secondary N) is 2. The summed E-state index contributed by atoms with van der Waals surface area (Å²) in [4.78, 5) is 34.6. The van der Waals surface area contributed by atoms with Gasteiger partial charge in [-0.2, -0.15) is 0 Å². The molecule has 6 heteroatoms. The predicted octanol–water partition coefficient (Wildman–Crippen LogP) is 0.793. The number of amides is 2. The molecule has 0 unspecified atom stereocenters. The van der Waals surface area contributed by atoms with Crippen LogP contribution in [0.1, 0.15) is 29.8 Å². The van der Waals surface area contributed by atoms with E-state index in [0.29, 0.717) is 5.56 Å². The average Bonchev–Trinajstić information content (AvgIpc) is 2.42. The van der Waals surface area contributed by atoms with Gasteiger partial charge in [0.25, 0.3) is 5.91 Å². The Hall–Kier alpha value is -2.37. The highest BCUT2D eigenvalue weighted by atomic mass is 16.5. The second-order valence-corrected chi connectivity index (χ2v) is 4.89. The van der Waals surface area contributed by atoms with Gasteiger partial charge in [-0.3, -0.25) is 9.59 Å². The van der Waals surface area contributed by atoms with Crippen LogP contribution in [0.15, 0.2) is 24.3 Å². The summed E-state index contributed by atoms with van der Waals surface area (Å²) in [5.41, 5.74) is 1.20. The lowest BCUT2D eigenvalue weighted by Crippen LogP contribution is -2.41. The SMILES string of the molecule is Cc1ccccc1C(=O)OCC(=O)NCC(=O)NC(C)C. The normalized spacial score (nSPS) is 10.1. The van der Waals surface area contributed by atoms with Gasteiger partial charge in [0, 0.05) is 6.04 Å². The molecule has 6 nitrogen and oxygen atoms in total. The van der Waals surface area contributed by atoms with E-state index in [4.69, 9.17) is 4.74 Å². The van der Waals surface area contributed by atoms with Crippen LogP contribution in [-0.2, 0) is 14.3 Å². The Labute approximate surface area is 123 Å². The van der Waals surface area contributed by atoms with Crippen LogP contribution >= 0.6 is 0 Å². The van der Waals surface area contributed by atoms with Gasteiger partial charge in [0.2, 0.25) is 5.91 Å². The monoisotopic (exact) mass is 292 g/mol. The molecule has 0 aliphatic heterocycles. The second kappa shape index (κ2) is 8.04. The molecule has 0 bridgehead atoms. The first-order chi connectivity index (χ1) is 9.90. The first kappa shape index (κ1) is 16.7. The second-order valence-electron chi connectivity index (χ2n) is 4.89. The number of esters is 1. The Morgan fingerprint density at radius 3 is 2.43 bits per heavy atom. The van der Waals surface area contributed by atoms with Gasteiger partial charge in [-0.15, -0.1) is 0 Å². The van der Waals surface area contributed by atoms with Crippen molar-refractivity contribution in [1.29, 1.82) is 0 Å². The topological polar surface area (TPSA) is 84.5 Å². The maximum atomic E-state index is 11.8. The van der Waals surface area contributed by atoms with Gasteiger partial charge in [-0.1, -0.05) is 18.2 Å². The molecular formula is C15H20N2O4. The Balaban J connectivity index is 2.35. The molecular weight excluding hydrogens is 272 g/mol. The van der Waals surface area contributed by atoms with E-state index in [1.807, 2.05) is 19.9 Å². The van der Waals surface area contributed by atoms with E-state index < -0.39 is 18.5 Å². The standard InChI is InChI=1S/C15H20N2O4/c1-10(2)17-13(18)8-16-14(19)9-21-15(20)12-7-5-4-6-11(12)3/h4-7,10H,8-9H2,1-3H3,(H,16,19)(H,17,18). The smallest absolute Gasteiger partial charge is 0.338 e. The molecule has 0 aliphatic rings. The Bertz CT molecular complexity index is 526. The number of carbonyl (C=O) groups excluding carboxylic acids is 3. The fourth-order valence-electron chi connectivity index (χ4n) is 1.61. The average molecular weight is 292 g/mol. The van der Waals surface area contributed by atoms with Crippen molar-refractivity contribution in [1.82, 2.24) is 10.6 Å². The highest BCUT2D eigenvalue weighted by Gasteiger charge is 2.12. The van der Waals surface area contributed by atoms with E-state index in [2.05, 4.69) is 10.6 Å². The number of benzene rings is 1. The molecule has 0 saturated heterocycles. The molecule has 1 aromatic carbocycles. The molecule has 2 N–H and O–H groups in total. The lowest BCUT2D eigenvalue weighted by Gasteiger charge is -2.10. The maximum Gasteiger partial charge on any atom is 0.338 e. The molecule has 0 fully saturated rings. The van der Waals surface area contributed by atoms with Gasteiger partial charge in [-0.25, -0.2) is 4.79 Å². The molecule has 0 heterocycles. The first-order valence-electron chi connectivity index (χ1n) is 6.69. The van der Waals surface area contributed by atoms with Crippen molar-refractivity contribution < 1.29 is 19.1 Å². The highest BCUT2D eigenvalue weighted by molar-refractivity contribution is 5.93. The molecule has 0 spiro atoms. The van der Waals surface area contributed by atoms with Crippen LogP contribution in [0.5, 0.6) is 0 Å². The summed E-state index contributed by atoms with van der Waals surface area (Å²) in [6.07, 6.45) is 0. The minimum atomic E-state index is -0.560. The minimum Gasteiger partial charge on any atom is -0.452 e. The number of carbonyl (C=O) groups is 3. The summed E-state index contributed by atoms with van der Waals surface area (Å²) in [6.45, 7) is 4.88. The third-order valence-electron chi connectivity index (χ3n) is 2.60. The summed E-state index contributed by atoms with van der Waals surface area (Å²) in [6, 6.07) is 6.96. The zero-order chi connectivity index (χ0) is 15.8. The first-order valence-corrected chi connectivity index (χ1v) is 6.69. The van der Waals surface area contributed by atoms with Crippen LogP contribution in [0.4, 0.5) is 0 Å². The van der Waals surface area contributed by atoms with Crippen LogP contribution in [-0.4, -0.2) is 37.0 Å². The van der Waals surface area contributed by atoms with E-state index in [1.54, 1.807) is 25.1 Å². The van der Waals surface area contributed by atoms with Crippen molar-refractivity contribution in [3.05, 3.63) is 35.4 Å². The molecule has 2 amide bonds. The van der Waals surface area contributed by atoms with Crippen molar-refractivity contribution in [3.8, 4) is 0 Å². The molecule has 0 atom stereocenters. The quantitative estimate of drug-likeness (QED) is 0.759. The van der Waals surface area contributed by atoms with E-state index in [-0.39, 0.29) is 18.5 Å². The van der Waals surface area contributed by atoms with Gasteiger partial charge in [-0.05, 0) is 32.4 Å². The lowest BCUT2D eigenvalue weighted by molar-refractivity contribution is -0.128. The number of hydrogen-bond donors (Lipinski definition) is 2. The van der Waals surface area contributed by atoms with Crippen molar-refractivity contribution >= 4 is 17.8 Å². The molecule has 0 radical (unpaired) electrons. The minimum absolute atomic E-state index is 0.00767. The molecule has 1 aromatic rings.